The van der Waals surface area contributed by atoms with Crippen molar-refractivity contribution in [2.45, 2.75) is 18.6 Å². The zero-order chi connectivity index (χ0) is 15.0. The summed E-state index contributed by atoms with van der Waals surface area (Å²) in [4.78, 5) is 0. The minimum Gasteiger partial charge on any atom is -0.497 e. The van der Waals surface area contributed by atoms with Crippen molar-refractivity contribution in [3.05, 3.63) is 57.0 Å². The van der Waals surface area contributed by atoms with Crippen molar-refractivity contribution in [2.24, 2.45) is 5.73 Å². The molecule has 21 heavy (non-hydrogen) atoms. The third-order valence-electron chi connectivity index (χ3n) is 3.67. The van der Waals surface area contributed by atoms with Crippen LogP contribution in [0.5, 0.6) is 11.5 Å². The second-order valence-corrected chi connectivity index (χ2v) is 6.29. The highest BCUT2D eigenvalue weighted by Gasteiger charge is 2.27. The summed E-state index contributed by atoms with van der Waals surface area (Å²) in [6, 6.07) is 11.5. The lowest BCUT2D eigenvalue weighted by molar-refractivity contribution is 0.161. The Bertz CT molecular complexity index is 677. The number of hydrogen-bond acceptors (Lipinski definition) is 3. The predicted molar refractivity (Wildman–Crippen MR) is 87.1 cm³/mol. The quantitative estimate of drug-likeness (QED) is 0.840. The van der Waals surface area contributed by atoms with E-state index in [1.807, 2.05) is 36.4 Å². The van der Waals surface area contributed by atoms with Gasteiger partial charge in [0.2, 0.25) is 0 Å². The lowest BCUT2D eigenvalue weighted by Gasteiger charge is -2.31. The molecule has 0 amide bonds. The molecule has 1 aliphatic rings. The van der Waals surface area contributed by atoms with Crippen molar-refractivity contribution in [2.75, 3.05) is 7.11 Å². The smallest absolute Gasteiger partial charge is 0.128 e. The van der Waals surface area contributed by atoms with Gasteiger partial charge in [-0.1, -0.05) is 23.7 Å². The molecule has 0 saturated heterocycles. The van der Waals surface area contributed by atoms with Gasteiger partial charge in [-0.05, 0) is 39.7 Å². The van der Waals surface area contributed by atoms with Gasteiger partial charge in [0, 0.05) is 28.6 Å². The van der Waals surface area contributed by atoms with Crippen LogP contribution in [0.15, 0.2) is 40.9 Å². The Morgan fingerprint density at radius 2 is 2.10 bits per heavy atom. The van der Waals surface area contributed by atoms with E-state index in [4.69, 9.17) is 26.8 Å². The maximum atomic E-state index is 6.27. The maximum Gasteiger partial charge on any atom is 0.128 e. The summed E-state index contributed by atoms with van der Waals surface area (Å²) in [5.41, 5.74) is 8.30. The Morgan fingerprint density at radius 1 is 1.29 bits per heavy atom. The van der Waals surface area contributed by atoms with E-state index >= 15 is 0 Å². The van der Waals surface area contributed by atoms with E-state index in [1.54, 1.807) is 7.11 Å². The summed E-state index contributed by atoms with van der Waals surface area (Å²) in [5.74, 6) is 1.53. The average molecular weight is 369 g/mol. The van der Waals surface area contributed by atoms with Gasteiger partial charge >= 0.3 is 0 Å². The molecule has 1 unspecified atom stereocenters. The highest BCUT2D eigenvalue weighted by atomic mass is 79.9. The van der Waals surface area contributed by atoms with Gasteiger partial charge in [-0.25, -0.2) is 0 Å². The molecule has 110 valence electrons. The average Bonchev–Trinajstić information content (AvgIpc) is 2.49. The molecule has 2 aromatic carbocycles. The van der Waals surface area contributed by atoms with E-state index in [0.717, 1.165) is 33.5 Å². The number of benzene rings is 2. The summed E-state index contributed by atoms with van der Waals surface area (Å²) in [6.07, 6.45) is 0.613. The fraction of sp³-hybridized carbons (Fsp3) is 0.250. The Balaban J connectivity index is 1.94. The number of halogens is 2. The van der Waals surface area contributed by atoms with E-state index in [0.29, 0.717) is 5.02 Å². The van der Waals surface area contributed by atoms with Gasteiger partial charge in [0.25, 0.3) is 0 Å². The van der Waals surface area contributed by atoms with Crippen molar-refractivity contribution >= 4 is 27.5 Å². The number of rotatable bonds is 2. The van der Waals surface area contributed by atoms with Gasteiger partial charge in [0.15, 0.2) is 0 Å². The van der Waals surface area contributed by atoms with Crippen molar-refractivity contribution in [3.63, 3.8) is 0 Å². The third-order valence-corrected chi connectivity index (χ3v) is 4.91. The molecule has 0 bridgehead atoms. The van der Waals surface area contributed by atoms with Crippen LogP contribution >= 0.6 is 27.5 Å². The predicted octanol–water partition coefficient (Wildman–Crippen LogP) is 4.63. The first-order valence-corrected chi connectivity index (χ1v) is 7.80. The lowest BCUT2D eigenvalue weighted by atomic mass is 9.93. The van der Waals surface area contributed by atoms with E-state index in [9.17, 15) is 0 Å². The first-order valence-electron chi connectivity index (χ1n) is 6.63. The van der Waals surface area contributed by atoms with Gasteiger partial charge < -0.3 is 15.2 Å². The van der Waals surface area contributed by atoms with Crippen molar-refractivity contribution in [1.82, 2.24) is 0 Å². The first-order chi connectivity index (χ1) is 10.1. The number of methoxy groups -OCH3 is 1. The molecule has 2 N–H and O–H groups in total. The van der Waals surface area contributed by atoms with Gasteiger partial charge in [-0.3, -0.25) is 0 Å². The number of fused-ring (bicyclic) bond motifs is 1. The standard InChI is InChI=1S/C16H15BrClNO2/c1-20-10-3-4-11-14(19)8-15(21-16(11)7-10)9-2-5-12(17)13(18)6-9/h2-7,14-15H,8,19H2,1H3/t14-,15?/m0/s1. The summed E-state index contributed by atoms with van der Waals surface area (Å²) in [7, 11) is 1.64. The molecule has 2 atom stereocenters. The second kappa shape index (κ2) is 5.87. The van der Waals surface area contributed by atoms with Crippen molar-refractivity contribution in [1.29, 1.82) is 0 Å². The molecule has 0 saturated carbocycles. The Labute approximate surface area is 137 Å². The molecular weight excluding hydrogens is 354 g/mol. The van der Waals surface area contributed by atoms with Crippen molar-refractivity contribution < 1.29 is 9.47 Å². The van der Waals surface area contributed by atoms with Crippen LogP contribution in [0.4, 0.5) is 0 Å². The van der Waals surface area contributed by atoms with Crippen molar-refractivity contribution in [3.8, 4) is 11.5 Å². The van der Waals surface area contributed by atoms with Crippen LogP contribution in [-0.4, -0.2) is 7.11 Å². The summed E-state index contributed by atoms with van der Waals surface area (Å²) in [5, 5.41) is 0.668. The van der Waals surface area contributed by atoms with E-state index < -0.39 is 0 Å². The van der Waals surface area contributed by atoms with E-state index in [2.05, 4.69) is 15.9 Å². The molecule has 1 aliphatic heterocycles. The zero-order valence-electron chi connectivity index (χ0n) is 11.5. The normalized spacial score (nSPS) is 20.6. The Hall–Kier alpha value is -1.23. The summed E-state index contributed by atoms with van der Waals surface area (Å²) in [6.45, 7) is 0. The monoisotopic (exact) mass is 367 g/mol. The van der Waals surface area contributed by atoms with Crippen LogP contribution in [-0.2, 0) is 0 Å². The Morgan fingerprint density at radius 3 is 2.81 bits per heavy atom. The second-order valence-electron chi connectivity index (χ2n) is 5.03. The lowest BCUT2D eigenvalue weighted by Crippen LogP contribution is -2.24. The number of nitrogens with two attached hydrogens (primary N) is 1. The summed E-state index contributed by atoms with van der Waals surface area (Å²) < 4.78 is 12.2. The molecule has 3 rings (SSSR count). The minimum atomic E-state index is -0.106. The molecule has 0 fully saturated rings. The highest BCUT2D eigenvalue weighted by molar-refractivity contribution is 9.10. The van der Waals surface area contributed by atoms with Crippen LogP contribution in [0.25, 0.3) is 0 Å². The largest absolute Gasteiger partial charge is 0.497 e. The van der Waals surface area contributed by atoms with Gasteiger partial charge in [0.1, 0.15) is 17.6 Å². The van der Waals surface area contributed by atoms with Gasteiger partial charge in [-0.2, -0.15) is 0 Å². The Kier molecular flexibility index (Phi) is 4.11. The topological polar surface area (TPSA) is 44.5 Å². The SMILES string of the molecule is COc1ccc2c(c1)OC(c1ccc(Br)c(Cl)c1)C[C@@H]2N. The van der Waals surface area contributed by atoms with Crippen LogP contribution in [0.3, 0.4) is 0 Å². The molecule has 1 heterocycles. The van der Waals surface area contributed by atoms with Crippen LogP contribution in [0.1, 0.15) is 29.7 Å². The van der Waals surface area contributed by atoms with E-state index in [1.165, 1.54) is 0 Å². The molecule has 0 spiro atoms. The van der Waals surface area contributed by atoms with Crippen LogP contribution in [0.2, 0.25) is 5.02 Å². The van der Waals surface area contributed by atoms with Gasteiger partial charge in [-0.15, -0.1) is 0 Å². The molecular formula is C16H15BrClNO2. The molecule has 0 aliphatic carbocycles. The maximum absolute atomic E-state index is 6.27. The fourth-order valence-electron chi connectivity index (χ4n) is 2.53. The summed E-state index contributed by atoms with van der Waals surface area (Å²) >= 11 is 9.56. The fourth-order valence-corrected chi connectivity index (χ4v) is 2.96. The molecule has 5 heteroatoms. The number of ether oxygens (including phenoxy) is 2. The van der Waals surface area contributed by atoms with Crippen LogP contribution in [0, 0.1) is 0 Å². The highest BCUT2D eigenvalue weighted by Crippen LogP contribution is 2.42. The molecule has 3 nitrogen and oxygen atoms in total. The first kappa shape index (κ1) is 14.7. The van der Waals surface area contributed by atoms with Crippen LogP contribution < -0.4 is 15.2 Å². The molecule has 2 aromatic rings. The van der Waals surface area contributed by atoms with E-state index in [-0.39, 0.29) is 12.1 Å². The minimum absolute atomic E-state index is 0.0629. The number of hydrogen-bond donors (Lipinski definition) is 1. The molecule has 0 radical (unpaired) electrons. The van der Waals surface area contributed by atoms with Gasteiger partial charge in [0.05, 0.1) is 12.1 Å². The zero-order valence-corrected chi connectivity index (χ0v) is 13.8. The third kappa shape index (κ3) is 2.89. The molecule has 0 aromatic heterocycles.